The van der Waals surface area contributed by atoms with E-state index in [1.54, 1.807) is 28.9 Å². The SMILES string of the molecule is [CH2][C@@H]1C[C@@H](Nc2ccnc3cc(-c4ccc(F)cc4OC)nn23)[C@H](O)[C@@H]1O. The summed E-state index contributed by atoms with van der Waals surface area (Å²) in [5.74, 6) is 0.364. The van der Waals surface area contributed by atoms with E-state index in [0.29, 0.717) is 34.9 Å². The second-order valence-corrected chi connectivity index (χ2v) is 6.70. The van der Waals surface area contributed by atoms with Gasteiger partial charge in [-0.1, -0.05) is 0 Å². The van der Waals surface area contributed by atoms with Crippen LogP contribution in [0.5, 0.6) is 5.75 Å². The fourth-order valence-electron chi connectivity index (χ4n) is 3.47. The van der Waals surface area contributed by atoms with E-state index in [2.05, 4.69) is 22.3 Å². The molecule has 0 spiro atoms. The summed E-state index contributed by atoms with van der Waals surface area (Å²) in [5, 5.41) is 27.9. The molecule has 0 unspecified atom stereocenters. The summed E-state index contributed by atoms with van der Waals surface area (Å²) >= 11 is 0. The van der Waals surface area contributed by atoms with Gasteiger partial charge in [0.05, 0.1) is 24.9 Å². The van der Waals surface area contributed by atoms with Crippen molar-refractivity contribution in [1.29, 1.82) is 0 Å². The first-order valence-corrected chi connectivity index (χ1v) is 8.62. The summed E-state index contributed by atoms with van der Waals surface area (Å²) in [4.78, 5) is 4.31. The number of fused-ring (bicyclic) bond motifs is 1. The van der Waals surface area contributed by atoms with E-state index < -0.39 is 18.0 Å². The molecule has 1 fully saturated rings. The van der Waals surface area contributed by atoms with Crippen LogP contribution in [0.25, 0.3) is 16.9 Å². The monoisotopic (exact) mass is 371 g/mol. The molecule has 3 aromatic rings. The topological polar surface area (TPSA) is 91.9 Å². The van der Waals surface area contributed by atoms with Crippen LogP contribution in [0.2, 0.25) is 0 Å². The van der Waals surface area contributed by atoms with Gasteiger partial charge in [-0.2, -0.15) is 9.61 Å². The van der Waals surface area contributed by atoms with Gasteiger partial charge in [-0.15, -0.1) is 0 Å². The number of hydrogen-bond donors (Lipinski definition) is 3. The van der Waals surface area contributed by atoms with Gasteiger partial charge in [0.1, 0.15) is 23.5 Å². The second-order valence-electron chi connectivity index (χ2n) is 6.70. The lowest BCUT2D eigenvalue weighted by Crippen LogP contribution is -2.35. The number of nitrogens with zero attached hydrogens (tertiary/aromatic N) is 3. The van der Waals surface area contributed by atoms with Crippen LogP contribution >= 0.6 is 0 Å². The van der Waals surface area contributed by atoms with Crippen molar-refractivity contribution < 1.29 is 19.3 Å². The summed E-state index contributed by atoms with van der Waals surface area (Å²) in [6.07, 6.45) is 0.385. The van der Waals surface area contributed by atoms with E-state index in [1.807, 2.05) is 0 Å². The number of aliphatic hydroxyl groups excluding tert-OH is 2. The maximum Gasteiger partial charge on any atom is 0.157 e. The maximum atomic E-state index is 13.5. The predicted molar refractivity (Wildman–Crippen MR) is 97.8 cm³/mol. The van der Waals surface area contributed by atoms with Crippen molar-refractivity contribution in [1.82, 2.24) is 14.6 Å². The van der Waals surface area contributed by atoms with Gasteiger partial charge in [0.15, 0.2) is 5.65 Å². The highest BCUT2D eigenvalue weighted by atomic mass is 19.1. The Morgan fingerprint density at radius 2 is 2.07 bits per heavy atom. The van der Waals surface area contributed by atoms with Gasteiger partial charge in [0.25, 0.3) is 0 Å². The molecule has 3 N–H and O–H groups in total. The standard InChI is InChI=1S/C19H20FN4O3/c1-10-7-14(19(26)18(10)25)22-16-5-6-21-17-9-13(23-24(16)17)12-4-3-11(20)8-15(12)27-2/h3-6,8-10,14,18-19,22,25-26H,1,7H2,2H3/t10-,14-,18-,19+/m1/s1. The minimum absolute atomic E-state index is 0.244. The van der Waals surface area contributed by atoms with Crippen molar-refractivity contribution in [2.75, 3.05) is 12.4 Å². The van der Waals surface area contributed by atoms with E-state index in [4.69, 9.17) is 4.74 Å². The Hall–Kier alpha value is -2.71. The van der Waals surface area contributed by atoms with Gasteiger partial charge in [-0.3, -0.25) is 0 Å². The Morgan fingerprint density at radius 1 is 1.26 bits per heavy atom. The van der Waals surface area contributed by atoms with Crippen LogP contribution in [-0.4, -0.2) is 50.2 Å². The molecule has 0 aliphatic heterocycles. The van der Waals surface area contributed by atoms with Crippen LogP contribution in [0.1, 0.15) is 6.42 Å². The third-order valence-corrected chi connectivity index (χ3v) is 4.93. The number of aromatic nitrogens is 3. The molecule has 1 aromatic carbocycles. The van der Waals surface area contributed by atoms with Gasteiger partial charge >= 0.3 is 0 Å². The summed E-state index contributed by atoms with van der Waals surface area (Å²) < 4.78 is 20.3. The van der Waals surface area contributed by atoms with E-state index in [1.165, 1.54) is 19.2 Å². The molecule has 1 aliphatic rings. The Morgan fingerprint density at radius 3 is 2.78 bits per heavy atom. The fourth-order valence-corrected chi connectivity index (χ4v) is 3.47. The highest BCUT2D eigenvalue weighted by Gasteiger charge is 2.39. The zero-order valence-corrected chi connectivity index (χ0v) is 14.7. The molecule has 141 valence electrons. The van der Waals surface area contributed by atoms with Crippen LogP contribution in [-0.2, 0) is 0 Å². The highest BCUT2D eigenvalue weighted by molar-refractivity contribution is 5.71. The second kappa shape index (κ2) is 6.79. The molecular formula is C19H20FN4O3. The number of ether oxygens (including phenoxy) is 1. The van der Waals surface area contributed by atoms with E-state index in [0.717, 1.165) is 0 Å². The number of benzene rings is 1. The Balaban J connectivity index is 1.71. The van der Waals surface area contributed by atoms with Crippen LogP contribution in [0.4, 0.5) is 10.2 Å². The number of hydrogen-bond acceptors (Lipinski definition) is 6. The molecule has 1 saturated carbocycles. The molecular weight excluding hydrogens is 351 g/mol. The number of anilines is 1. The predicted octanol–water partition coefficient (Wildman–Crippen LogP) is 1.90. The molecule has 8 heteroatoms. The van der Waals surface area contributed by atoms with Crippen LogP contribution in [0.15, 0.2) is 36.5 Å². The average molecular weight is 371 g/mol. The van der Waals surface area contributed by atoms with Crippen molar-refractivity contribution in [3.63, 3.8) is 0 Å². The molecule has 2 aromatic heterocycles. The molecule has 27 heavy (non-hydrogen) atoms. The summed E-state index contributed by atoms with van der Waals surface area (Å²) in [6.45, 7) is 3.86. The summed E-state index contributed by atoms with van der Waals surface area (Å²) in [6, 6.07) is 7.41. The van der Waals surface area contributed by atoms with Crippen LogP contribution in [0, 0.1) is 18.7 Å². The third kappa shape index (κ3) is 3.11. The lowest BCUT2D eigenvalue weighted by molar-refractivity contribution is 0.0256. The lowest BCUT2D eigenvalue weighted by Gasteiger charge is -2.19. The number of rotatable bonds is 4. The molecule has 0 saturated heterocycles. The number of halogens is 1. The minimum atomic E-state index is -0.914. The van der Waals surface area contributed by atoms with Crippen molar-refractivity contribution in [3.05, 3.63) is 49.3 Å². The number of methoxy groups -OCH3 is 1. The first kappa shape index (κ1) is 17.7. The maximum absolute atomic E-state index is 13.5. The molecule has 7 nitrogen and oxygen atoms in total. The van der Waals surface area contributed by atoms with Crippen molar-refractivity contribution in [2.24, 2.45) is 5.92 Å². The number of nitrogens with one attached hydrogen (secondary N) is 1. The Kier molecular flexibility index (Phi) is 4.45. The molecule has 0 bridgehead atoms. The molecule has 4 atom stereocenters. The molecule has 2 heterocycles. The smallest absolute Gasteiger partial charge is 0.157 e. The van der Waals surface area contributed by atoms with Gasteiger partial charge in [-0.05, 0) is 37.5 Å². The van der Waals surface area contributed by atoms with E-state index in [-0.39, 0.29) is 12.0 Å². The number of aliphatic hydroxyl groups is 2. The van der Waals surface area contributed by atoms with Crippen molar-refractivity contribution >= 4 is 11.5 Å². The largest absolute Gasteiger partial charge is 0.496 e. The normalized spacial score (nSPS) is 25.1. The molecule has 1 radical (unpaired) electrons. The first-order chi connectivity index (χ1) is 13.0. The first-order valence-electron chi connectivity index (χ1n) is 8.62. The van der Waals surface area contributed by atoms with E-state index in [9.17, 15) is 14.6 Å². The zero-order valence-electron chi connectivity index (χ0n) is 14.7. The molecule has 4 rings (SSSR count). The summed E-state index contributed by atoms with van der Waals surface area (Å²) in [7, 11) is 1.47. The van der Waals surface area contributed by atoms with Crippen LogP contribution < -0.4 is 10.1 Å². The van der Waals surface area contributed by atoms with Gasteiger partial charge in [0.2, 0.25) is 0 Å². The quantitative estimate of drug-likeness (QED) is 0.649. The Bertz CT molecular complexity index is 977. The third-order valence-electron chi connectivity index (χ3n) is 4.93. The minimum Gasteiger partial charge on any atom is -0.496 e. The van der Waals surface area contributed by atoms with Crippen LogP contribution in [0.3, 0.4) is 0 Å². The van der Waals surface area contributed by atoms with Gasteiger partial charge in [0, 0.05) is 23.9 Å². The molecule has 0 amide bonds. The highest BCUT2D eigenvalue weighted by Crippen LogP contribution is 2.32. The summed E-state index contributed by atoms with van der Waals surface area (Å²) in [5.41, 5.74) is 1.81. The average Bonchev–Trinajstić information content (AvgIpc) is 3.19. The zero-order chi connectivity index (χ0) is 19.1. The molecule has 1 aliphatic carbocycles. The van der Waals surface area contributed by atoms with Crippen molar-refractivity contribution in [2.45, 2.75) is 24.7 Å². The van der Waals surface area contributed by atoms with E-state index >= 15 is 0 Å². The fraction of sp³-hybridized carbons (Fsp3) is 0.316. The lowest BCUT2D eigenvalue weighted by atomic mass is 10.1. The Labute approximate surface area is 155 Å². The van der Waals surface area contributed by atoms with Crippen molar-refractivity contribution in [3.8, 4) is 17.0 Å². The van der Waals surface area contributed by atoms with Gasteiger partial charge in [-0.25, -0.2) is 9.37 Å². The van der Waals surface area contributed by atoms with Gasteiger partial charge < -0.3 is 20.3 Å².